The Kier molecular flexibility index (Phi) is 14.5. The lowest BCUT2D eigenvalue weighted by atomic mass is 9.96. The van der Waals surface area contributed by atoms with E-state index in [1.54, 1.807) is 0 Å². The second-order valence-corrected chi connectivity index (χ2v) is 8.81. The van der Waals surface area contributed by atoms with Crippen molar-refractivity contribution in [2.24, 2.45) is 17.6 Å². The first kappa shape index (κ1) is 30.1. The molecule has 0 aromatic rings. The number of carbonyl (C=O) groups is 3. The van der Waals surface area contributed by atoms with E-state index in [0.29, 0.717) is 19.0 Å². The van der Waals surface area contributed by atoms with Gasteiger partial charge in [-0.05, 0) is 58.5 Å². The number of halogens is 2. The van der Waals surface area contributed by atoms with Gasteiger partial charge in [-0.2, -0.15) is 0 Å². The van der Waals surface area contributed by atoms with Crippen molar-refractivity contribution in [3.63, 3.8) is 0 Å². The molecular weight excluding hydrogens is 417 g/mol. The van der Waals surface area contributed by atoms with Crippen molar-refractivity contribution in [2.75, 3.05) is 32.7 Å². The van der Waals surface area contributed by atoms with Crippen LogP contribution in [0.5, 0.6) is 0 Å². The Morgan fingerprint density at radius 3 is 2.07 bits per heavy atom. The van der Waals surface area contributed by atoms with Gasteiger partial charge in [0.2, 0.25) is 17.7 Å². The predicted octanol–water partition coefficient (Wildman–Crippen LogP) is 0.672. The van der Waals surface area contributed by atoms with Crippen LogP contribution in [0.4, 0.5) is 0 Å². The molecule has 10 heteroatoms. The Bertz CT molecular complexity index is 518. The van der Waals surface area contributed by atoms with Crippen LogP contribution in [0.25, 0.3) is 0 Å². The topological polar surface area (TPSA) is 117 Å². The summed E-state index contributed by atoms with van der Waals surface area (Å²) in [6.07, 6.45) is 1.88. The normalized spacial score (nSPS) is 16.2. The number of likely N-dealkylation sites (tertiary alicyclic amines) is 1. The van der Waals surface area contributed by atoms with Gasteiger partial charge in [-0.3, -0.25) is 19.3 Å². The summed E-state index contributed by atoms with van der Waals surface area (Å²) in [7, 11) is 0. The van der Waals surface area contributed by atoms with Crippen molar-refractivity contribution >= 4 is 42.5 Å². The molecule has 0 bridgehead atoms. The summed E-state index contributed by atoms with van der Waals surface area (Å²) < 4.78 is 0. The molecule has 172 valence electrons. The molecule has 29 heavy (non-hydrogen) atoms. The lowest BCUT2D eigenvalue weighted by molar-refractivity contribution is -0.127. The van der Waals surface area contributed by atoms with Crippen LogP contribution < -0.4 is 21.7 Å². The highest BCUT2D eigenvalue weighted by Crippen LogP contribution is 2.16. The Hall–Kier alpha value is -1.09. The van der Waals surface area contributed by atoms with E-state index in [2.05, 4.69) is 20.9 Å². The van der Waals surface area contributed by atoms with E-state index in [1.165, 1.54) is 0 Å². The van der Waals surface area contributed by atoms with Gasteiger partial charge in [0.1, 0.15) is 0 Å². The minimum Gasteiger partial charge on any atom is -0.354 e. The Labute approximate surface area is 187 Å². The van der Waals surface area contributed by atoms with Gasteiger partial charge >= 0.3 is 0 Å². The van der Waals surface area contributed by atoms with Crippen LogP contribution in [0.2, 0.25) is 0 Å². The van der Waals surface area contributed by atoms with Crippen molar-refractivity contribution in [3.05, 3.63) is 0 Å². The molecular formula is C19H39Cl2N5O3. The van der Waals surface area contributed by atoms with Crippen LogP contribution in [-0.2, 0) is 14.4 Å². The fourth-order valence-electron chi connectivity index (χ4n) is 2.92. The molecule has 1 atom stereocenters. The summed E-state index contributed by atoms with van der Waals surface area (Å²) in [5, 5.41) is 8.41. The minimum absolute atomic E-state index is 0. The Morgan fingerprint density at radius 1 is 1.03 bits per heavy atom. The largest absolute Gasteiger partial charge is 0.354 e. The van der Waals surface area contributed by atoms with E-state index < -0.39 is 6.04 Å². The molecule has 5 N–H and O–H groups in total. The number of hydrogen-bond acceptors (Lipinski definition) is 5. The SMILES string of the molecule is CC(C)[C@H](N)C(=O)NCC(=O)NCC1CCN(CC(=O)NC(C)(C)C)CC1.Cl.Cl. The summed E-state index contributed by atoms with van der Waals surface area (Å²) in [4.78, 5) is 37.8. The fraction of sp³-hybridized carbons (Fsp3) is 0.842. The van der Waals surface area contributed by atoms with Crippen LogP contribution >= 0.6 is 24.8 Å². The highest BCUT2D eigenvalue weighted by atomic mass is 35.5. The van der Waals surface area contributed by atoms with Crippen LogP contribution in [0.3, 0.4) is 0 Å². The van der Waals surface area contributed by atoms with E-state index in [-0.39, 0.29) is 60.5 Å². The van der Waals surface area contributed by atoms with Gasteiger partial charge in [-0.25, -0.2) is 0 Å². The smallest absolute Gasteiger partial charge is 0.239 e. The molecule has 0 unspecified atom stereocenters. The van der Waals surface area contributed by atoms with Crippen LogP contribution in [-0.4, -0.2) is 66.9 Å². The highest BCUT2D eigenvalue weighted by Gasteiger charge is 2.23. The van der Waals surface area contributed by atoms with Crippen molar-refractivity contribution in [1.82, 2.24) is 20.9 Å². The molecule has 0 aliphatic carbocycles. The fourth-order valence-corrected chi connectivity index (χ4v) is 2.92. The third-order valence-electron chi connectivity index (χ3n) is 4.62. The number of carbonyl (C=O) groups excluding carboxylic acids is 3. The zero-order valence-corrected chi connectivity index (χ0v) is 19.9. The standard InChI is InChI=1S/C19H37N5O3.2ClH/c1-13(2)17(20)18(27)22-11-15(25)21-10-14-6-8-24(9-7-14)12-16(26)23-19(3,4)5;;/h13-14,17H,6-12,20H2,1-5H3,(H,21,25)(H,22,27)(H,23,26);2*1H/t17-;;/m0../s1. The number of rotatable bonds is 8. The molecule has 1 aliphatic heterocycles. The maximum atomic E-state index is 12.0. The molecule has 3 amide bonds. The monoisotopic (exact) mass is 455 g/mol. The van der Waals surface area contributed by atoms with Crippen molar-refractivity contribution in [2.45, 2.75) is 59.0 Å². The van der Waals surface area contributed by atoms with Crippen LogP contribution in [0.15, 0.2) is 0 Å². The lowest BCUT2D eigenvalue weighted by Crippen LogP contribution is -2.49. The molecule has 0 saturated carbocycles. The first-order valence-electron chi connectivity index (χ1n) is 9.81. The van der Waals surface area contributed by atoms with Crippen molar-refractivity contribution < 1.29 is 14.4 Å². The zero-order valence-electron chi connectivity index (χ0n) is 18.2. The minimum atomic E-state index is -0.599. The molecule has 1 saturated heterocycles. The van der Waals surface area contributed by atoms with Gasteiger partial charge in [0.25, 0.3) is 0 Å². The van der Waals surface area contributed by atoms with Crippen LogP contribution in [0, 0.1) is 11.8 Å². The third-order valence-corrected chi connectivity index (χ3v) is 4.62. The van der Waals surface area contributed by atoms with E-state index in [1.807, 2.05) is 34.6 Å². The van der Waals surface area contributed by atoms with Crippen molar-refractivity contribution in [1.29, 1.82) is 0 Å². The molecule has 1 heterocycles. The number of hydrogen-bond donors (Lipinski definition) is 4. The van der Waals surface area contributed by atoms with E-state index in [9.17, 15) is 14.4 Å². The van der Waals surface area contributed by atoms with E-state index in [4.69, 9.17) is 5.73 Å². The Morgan fingerprint density at radius 2 is 1.59 bits per heavy atom. The number of amides is 3. The summed E-state index contributed by atoms with van der Waals surface area (Å²) in [5.41, 5.74) is 5.53. The summed E-state index contributed by atoms with van der Waals surface area (Å²) in [6, 6.07) is -0.599. The molecule has 0 aromatic carbocycles. The Balaban J connectivity index is 0. The number of nitrogens with two attached hydrogens (primary N) is 1. The quantitative estimate of drug-likeness (QED) is 0.429. The average molecular weight is 456 g/mol. The van der Waals surface area contributed by atoms with E-state index >= 15 is 0 Å². The highest BCUT2D eigenvalue weighted by molar-refractivity contribution is 5.87. The average Bonchev–Trinajstić information content (AvgIpc) is 2.56. The van der Waals surface area contributed by atoms with Gasteiger partial charge in [-0.15, -0.1) is 24.8 Å². The molecule has 1 aliphatic rings. The van der Waals surface area contributed by atoms with Gasteiger partial charge in [0.05, 0.1) is 19.1 Å². The molecule has 8 nitrogen and oxygen atoms in total. The van der Waals surface area contributed by atoms with Gasteiger partial charge < -0.3 is 21.7 Å². The number of piperidine rings is 1. The second-order valence-electron chi connectivity index (χ2n) is 8.81. The lowest BCUT2D eigenvalue weighted by Gasteiger charge is -2.32. The van der Waals surface area contributed by atoms with Gasteiger partial charge in [0.15, 0.2) is 0 Å². The van der Waals surface area contributed by atoms with Gasteiger partial charge in [0, 0.05) is 12.1 Å². The molecule has 0 radical (unpaired) electrons. The van der Waals surface area contributed by atoms with Crippen LogP contribution in [0.1, 0.15) is 47.5 Å². The maximum Gasteiger partial charge on any atom is 0.239 e. The predicted molar refractivity (Wildman–Crippen MR) is 120 cm³/mol. The maximum absolute atomic E-state index is 12.0. The second kappa shape index (κ2) is 14.0. The molecule has 0 aromatic heterocycles. The molecule has 0 spiro atoms. The number of nitrogens with zero attached hydrogens (tertiary/aromatic N) is 1. The first-order valence-corrected chi connectivity index (χ1v) is 9.81. The number of nitrogens with one attached hydrogen (secondary N) is 3. The van der Waals surface area contributed by atoms with Gasteiger partial charge in [-0.1, -0.05) is 13.8 Å². The summed E-state index contributed by atoms with van der Waals surface area (Å²) in [6.45, 7) is 12.3. The van der Waals surface area contributed by atoms with Crippen molar-refractivity contribution in [3.8, 4) is 0 Å². The molecule has 1 rings (SSSR count). The first-order chi connectivity index (χ1) is 12.5. The summed E-state index contributed by atoms with van der Waals surface area (Å²) in [5.74, 6) is -0.0360. The third kappa shape index (κ3) is 12.9. The zero-order chi connectivity index (χ0) is 20.6. The summed E-state index contributed by atoms with van der Waals surface area (Å²) >= 11 is 0. The van der Waals surface area contributed by atoms with E-state index in [0.717, 1.165) is 25.9 Å². The molecule has 1 fully saturated rings.